The van der Waals surface area contributed by atoms with E-state index >= 15 is 0 Å². The second-order valence-corrected chi connectivity index (χ2v) is 10.3. The summed E-state index contributed by atoms with van der Waals surface area (Å²) >= 11 is 0. The molecule has 0 saturated carbocycles. The van der Waals surface area contributed by atoms with Gasteiger partial charge in [-0.2, -0.15) is 0 Å². The zero-order valence-electron chi connectivity index (χ0n) is 21.1. The number of piperidine rings is 1. The summed E-state index contributed by atoms with van der Waals surface area (Å²) in [6.45, 7) is 2.50. The van der Waals surface area contributed by atoms with Crippen LogP contribution in [0.15, 0.2) is 61.1 Å². The lowest BCUT2D eigenvalue weighted by atomic mass is 9.81. The Morgan fingerprint density at radius 2 is 1.92 bits per heavy atom. The molecule has 9 heteroatoms. The normalized spacial score (nSPS) is 23.5. The third-order valence-electron chi connectivity index (χ3n) is 7.55. The number of hydrogen-bond acceptors (Lipinski definition) is 7. The van der Waals surface area contributed by atoms with Crippen LogP contribution in [0.4, 0.5) is 10.1 Å². The molecule has 2 fully saturated rings. The van der Waals surface area contributed by atoms with Crippen molar-refractivity contribution in [3.05, 3.63) is 78.1 Å². The Kier molecular flexibility index (Phi) is 6.60. The minimum absolute atomic E-state index is 0.120. The van der Waals surface area contributed by atoms with Crippen molar-refractivity contribution in [2.75, 3.05) is 39.0 Å². The summed E-state index contributed by atoms with van der Waals surface area (Å²) in [7, 11) is 4.05. The van der Waals surface area contributed by atoms with Crippen molar-refractivity contribution < 1.29 is 4.39 Å². The average Bonchev–Trinajstić information content (AvgIpc) is 3.52. The van der Waals surface area contributed by atoms with Crippen molar-refractivity contribution in [1.82, 2.24) is 36.0 Å². The van der Waals surface area contributed by atoms with Crippen LogP contribution >= 0.6 is 0 Å². The summed E-state index contributed by atoms with van der Waals surface area (Å²) in [6.07, 6.45) is 6.49. The van der Waals surface area contributed by atoms with Gasteiger partial charge in [0.15, 0.2) is 0 Å². The highest BCUT2D eigenvalue weighted by molar-refractivity contribution is 5.94. The second kappa shape index (κ2) is 10.2. The van der Waals surface area contributed by atoms with E-state index in [1.54, 1.807) is 18.3 Å². The number of nitrogens with zero attached hydrogens (tertiary/aromatic N) is 3. The molecule has 2 aliphatic rings. The fourth-order valence-corrected chi connectivity index (χ4v) is 5.67. The lowest BCUT2D eigenvalue weighted by Gasteiger charge is -2.34. The van der Waals surface area contributed by atoms with Gasteiger partial charge in [0.05, 0.1) is 6.04 Å². The Balaban J connectivity index is 1.28. The van der Waals surface area contributed by atoms with Gasteiger partial charge in [0, 0.05) is 73.0 Å². The van der Waals surface area contributed by atoms with Crippen molar-refractivity contribution in [2.45, 2.75) is 24.5 Å². The third-order valence-corrected chi connectivity index (χ3v) is 7.55. The van der Waals surface area contributed by atoms with Gasteiger partial charge < -0.3 is 20.5 Å². The van der Waals surface area contributed by atoms with Gasteiger partial charge >= 0.3 is 0 Å². The fraction of sp³-hybridized carbons (Fsp3) is 0.357. The molecule has 0 aliphatic carbocycles. The predicted molar refractivity (Wildman–Crippen MR) is 144 cm³/mol. The van der Waals surface area contributed by atoms with E-state index in [0.29, 0.717) is 12.0 Å². The molecule has 0 radical (unpaired) electrons. The van der Waals surface area contributed by atoms with E-state index in [0.717, 1.165) is 59.6 Å². The molecule has 4 aromatic rings. The lowest BCUT2D eigenvalue weighted by Crippen LogP contribution is -2.46. The summed E-state index contributed by atoms with van der Waals surface area (Å²) in [4.78, 5) is 14.4. The lowest BCUT2D eigenvalue weighted by molar-refractivity contribution is 0.265. The summed E-state index contributed by atoms with van der Waals surface area (Å²) in [6, 6.07) is 14.2. The number of halogens is 1. The van der Waals surface area contributed by atoms with Crippen molar-refractivity contribution in [1.29, 1.82) is 0 Å². The molecule has 0 amide bonds. The fourth-order valence-electron chi connectivity index (χ4n) is 5.67. The molecule has 0 bridgehead atoms. The van der Waals surface area contributed by atoms with Gasteiger partial charge in [-0.05, 0) is 79.7 Å². The Morgan fingerprint density at radius 3 is 2.76 bits per heavy atom. The van der Waals surface area contributed by atoms with Crippen molar-refractivity contribution >= 4 is 16.7 Å². The Morgan fingerprint density at radius 1 is 1.05 bits per heavy atom. The van der Waals surface area contributed by atoms with Gasteiger partial charge in [-0.25, -0.2) is 14.8 Å². The Labute approximate surface area is 216 Å². The molecule has 5 heterocycles. The van der Waals surface area contributed by atoms with E-state index < -0.39 is 0 Å². The first-order valence-corrected chi connectivity index (χ1v) is 12.9. The number of aromatic amines is 1. The molecule has 0 spiro atoms. The number of nitrogens with one attached hydrogen (secondary N) is 5. The molecule has 3 aromatic heterocycles. The number of likely N-dealkylation sites (N-methyl/N-ethyl adjacent to an activating group) is 1. The van der Waals surface area contributed by atoms with Crippen LogP contribution < -0.4 is 21.5 Å². The third kappa shape index (κ3) is 4.95. The number of rotatable bonds is 7. The number of fused-ring (bicyclic) bond motifs is 2. The average molecular weight is 501 g/mol. The number of benzene rings is 1. The van der Waals surface area contributed by atoms with Gasteiger partial charge in [0.2, 0.25) is 0 Å². The Bertz CT molecular complexity index is 1370. The highest BCUT2D eigenvalue weighted by atomic mass is 19.1. The van der Waals surface area contributed by atoms with Crippen LogP contribution in [-0.4, -0.2) is 59.6 Å². The van der Waals surface area contributed by atoms with Gasteiger partial charge in [-0.15, -0.1) is 0 Å². The highest BCUT2D eigenvalue weighted by Gasteiger charge is 2.42. The van der Waals surface area contributed by atoms with E-state index in [1.807, 2.05) is 38.6 Å². The van der Waals surface area contributed by atoms with Crippen molar-refractivity contribution in [3.8, 4) is 11.1 Å². The van der Waals surface area contributed by atoms with Crippen LogP contribution in [0.25, 0.3) is 22.2 Å². The van der Waals surface area contributed by atoms with Gasteiger partial charge in [0.1, 0.15) is 11.5 Å². The van der Waals surface area contributed by atoms with Gasteiger partial charge in [-0.1, -0.05) is 0 Å². The number of aromatic nitrogens is 3. The molecular weight excluding hydrogens is 467 g/mol. The van der Waals surface area contributed by atoms with Crippen molar-refractivity contribution in [2.24, 2.45) is 5.92 Å². The molecule has 1 aromatic carbocycles. The monoisotopic (exact) mass is 500 g/mol. The molecule has 192 valence electrons. The van der Waals surface area contributed by atoms with Gasteiger partial charge in [0.25, 0.3) is 0 Å². The first kappa shape index (κ1) is 24.0. The number of hydrogen-bond donors (Lipinski definition) is 5. The second-order valence-electron chi connectivity index (χ2n) is 10.3. The zero-order valence-corrected chi connectivity index (χ0v) is 21.1. The molecule has 6 rings (SSSR count). The van der Waals surface area contributed by atoms with Crippen LogP contribution in [0.2, 0.25) is 0 Å². The van der Waals surface area contributed by atoms with Crippen LogP contribution in [-0.2, 0) is 0 Å². The maximum absolute atomic E-state index is 14.6. The van der Waals surface area contributed by atoms with Crippen LogP contribution in [0.5, 0.6) is 0 Å². The molecule has 2 saturated heterocycles. The van der Waals surface area contributed by atoms with Crippen molar-refractivity contribution in [3.63, 3.8) is 0 Å². The molecule has 4 unspecified atom stereocenters. The zero-order chi connectivity index (χ0) is 25.4. The van der Waals surface area contributed by atoms with Crippen LogP contribution in [0, 0.1) is 11.7 Å². The summed E-state index contributed by atoms with van der Waals surface area (Å²) in [5.74, 6) is 0.143. The summed E-state index contributed by atoms with van der Waals surface area (Å²) in [5.41, 5.74) is 12.7. The molecule has 37 heavy (non-hydrogen) atoms. The number of H-pyrrole nitrogens is 1. The number of pyridine rings is 2. The van der Waals surface area contributed by atoms with Crippen LogP contribution in [0.3, 0.4) is 0 Å². The highest BCUT2D eigenvalue weighted by Crippen LogP contribution is 2.40. The molecule has 2 aliphatic heterocycles. The quantitative estimate of drug-likeness (QED) is 0.265. The van der Waals surface area contributed by atoms with E-state index in [2.05, 4.69) is 59.5 Å². The molecule has 4 atom stereocenters. The minimum Gasteiger partial charge on any atom is -0.384 e. The molecule has 8 nitrogen and oxygen atoms in total. The molecule has 5 N–H and O–H groups in total. The van der Waals surface area contributed by atoms with Gasteiger partial charge in [-0.3, -0.25) is 10.4 Å². The number of hydrazine groups is 1. The maximum atomic E-state index is 14.6. The van der Waals surface area contributed by atoms with E-state index in [9.17, 15) is 4.39 Å². The van der Waals surface area contributed by atoms with E-state index in [1.165, 1.54) is 5.56 Å². The number of anilines is 1. The molecular formula is C28H33FN8. The largest absolute Gasteiger partial charge is 0.384 e. The van der Waals surface area contributed by atoms with E-state index in [-0.39, 0.29) is 17.9 Å². The summed E-state index contributed by atoms with van der Waals surface area (Å²) in [5, 5.41) is 8.00. The Hall–Kier alpha value is -3.37. The SMILES string of the molecule is CN(C)CCNc1cc(F)cc(-c2ccnc3[nH]c(C4NNC5CNC(c6ccncc6)CC54)cc23)c1. The first-order valence-electron chi connectivity index (χ1n) is 12.9. The minimum atomic E-state index is -0.257. The maximum Gasteiger partial charge on any atom is 0.138 e. The standard InChI is InChI=1S/C28H33FN8/c1-37(2)10-9-31-20-12-18(11-19(29)13-20)21-5-8-32-28-22(21)14-25(34-28)27-23-15-24(17-3-6-30-7-4-17)33-16-26(23)35-36-27/h3-8,11-14,23-24,26-27,31,33,35-36H,9-10,15-16H2,1-2H3,(H,32,34). The predicted octanol–water partition coefficient (Wildman–Crippen LogP) is 3.61. The first-order chi connectivity index (χ1) is 18.0. The topological polar surface area (TPSA) is 92.9 Å². The summed E-state index contributed by atoms with van der Waals surface area (Å²) < 4.78 is 14.6. The van der Waals surface area contributed by atoms with Crippen LogP contribution in [0.1, 0.15) is 29.8 Å². The smallest absolute Gasteiger partial charge is 0.138 e. The van der Waals surface area contributed by atoms with E-state index in [4.69, 9.17) is 0 Å².